The number of nitrogens with zero attached hydrogens (tertiary/aromatic N) is 1. The first-order chi connectivity index (χ1) is 8.91. The molecular weight excluding hydrogens is 357 g/mol. The van der Waals surface area contributed by atoms with Crippen LogP contribution in [0.5, 0.6) is 5.75 Å². The summed E-state index contributed by atoms with van der Waals surface area (Å²) in [6.07, 6.45) is 3.54. The number of carbonyl (C=O) groups is 1. The average Bonchev–Trinajstić information content (AvgIpc) is 2.78. The normalized spacial score (nSPS) is 17.4. The highest BCUT2D eigenvalue weighted by molar-refractivity contribution is 14.1. The van der Waals surface area contributed by atoms with E-state index in [1.165, 1.54) is 11.0 Å². The van der Waals surface area contributed by atoms with Crippen LogP contribution in [0, 0.1) is 3.57 Å². The van der Waals surface area contributed by atoms with E-state index in [1.54, 1.807) is 19.2 Å². The van der Waals surface area contributed by atoms with Gasteiger partial charge in [-0.1, -0.05) is 12.8 Å². The molecule has 4 nitrogen and oxygen atoms in total. The maximum absolute atomic E-state index is 12.2. The van der Waals surface area contributed by atoms with Gasteiger partial charge in [-0.25, -0.2) is 0 Å². The molecule has 0 radical (unpaired) electrons. The number of benzene rings is 1. The molecule has 1 amide bonds. The molecule has 1 aliphatic carbocycles. The summed E-state index contributed by atoms with van der Waals surface area (Å²) in [4.78, 5) is 13.8. The van der Waals surface area contributed by atoms with E-state index in [4.69, 9.17) is 0 Å². The van der Waals surface area contributed by atoms with Crippen LogP contribution in [0.1, 0.15) is 36.0 Å². The van der Waals surface area contributed by atoms with Gasteiger partial charge in [-0.05, 0) is 53.6 Å². The van der Waals surface area contributed by atoms with Gasteiger partial charge in [-0.15, -0.1) is 0 Å². The Hall–Kier alpha value is -0.820. The van der Waals surface area contributed by atoms with Crippen molar-refractivity contribution >= 4 is 28.5 Å². The van der Waals surface area contributed by atoms with E-state index in [9.17, 15) is 15.0 Å². The quantitative estimate of drug-likeness (QED) is 0.798. The molecule has 1 aromatic rings. The number of rotatable bonds is 3. The monoisotopic (exact) mass is 375 g/mol. The molecule has 1 aliphatic rings. The second kappa shape index (κ2) is 5.66. The molecule has 5 heteroatoms. The number of hydrogen-bond acceptors (Lipinski definition) is 3. The Labute approximate surface area is 126 Å². The van der Waals surface area contributed by atoms with Crippen molar-refractivity contribution in [2.24, 2.45) is 0 Å². The predicted octanol–water partition coefficient (Wildman–Crippen LogP) is 2.37. The SMILES string of the molecule is CN(CC1(O)CCCC1)C(=O)c1ccc(I)c(O)c1. The third-order valence-corrected chi connectivity index (χ3v) is 4.52. The van der Waals surface area contributed by atoms with Gasteiger partial charge in [0.25, 0.3) is 5.91 Å². The van der Waals surface area contributed by atoms with E-state index in [0.29, 0.717) is 15.7 Å². The Balaban J connectivity index is 2.08. The fraction of sp³-hybridized carbons (Fsp3) is 0.500. The van der Waals surface area contributed by atoms with Gasteiger partial charge >= 0.3 is 0 Å². The second-order valence-corrected chi connectivity index (χ2v) is 6.42. The van der Waals surface area contributed by atoms with Crippen molar-refractivity contribution in [2.45, 2.75) is 31.3 Å². The van der Waals surface area contributed by atoms with E-state index in [-0.39, 0.29) is 11.7 Å². The lowest BCUT2D eigenvalue weighted by atomic mass is 10.0. The van der Waals surface area contributed by atoms with Crippen LogP contribution in [0.15, 0.2) is 18.2 Å². The molecule has 2 rings (SSSR count). The van der Waals surface area contributed by atoms with Crippen LogP contribution in [0.2, 0.25) is 0 Å². The zero-order valence-electron chi connectivity index (χ0n) is 10.9. The molecule has 0 aliphatic heterocycles. The zero-order valence-corrected chi connectivity index (χ0v) is 13.1. The van der Waals surface area contributed by atoms with Crippen molar-refractivity contribution < 1.29 is 15.0 Å². The highest BCUT2D eigenvalue weighted by atomic mass is 127. The largest absolute Gasteiger partial charge is 0.507 e. The lowest BCUT2D eigenvalue weighted by Gasteiger charge is -2.28. The molecule has 19 heavy (non-hydrogen) atoms. The molecular formula is C14H18INO3. The molecule has 0 aromatic heterocycles. The van der Waals surface area contributed by atoms with Crippen molar-refractivity contribution in [1.29, 1.82) is 0 Å². The van der Waals surface area contributed by atoms with Gasteiger partial charge < -0.3 is 15.1 Å². The Bertz CT molecular complexity index is 484. The molecule has 0 atom stereocenters. The highest BCUT2D eigenvalue weighted by Crippen LogP contribution is 2.30. The van der Waals surface area contributed by atoms with E-state index < -0.39 is 5.60 Å². The number of phenols is 1. The van der Waals surface area contributed by atoms with Gasteiger partial charge in [0.15, 0.2) is 0 Å². The van der Waals surface area contributed by atoms with Gasteiger partial charge in [0.1, 0.15) is 5.75 Å². The first-order valence-corrected chi connectivity index (χ1v) is 7.45. The molecule has 0 unspecified atom stereocenters. The van der Waals surface area contributed by atoms with Gasteiger partial charge in [0.05, 0.1) is 9.17 Å². The van der Waals surface area contributed by atoms with Gasteiger partial charge in [-0.2, -0.15) is 0 Å². The third-order valence-electron chi connectivity index (χ3n) is 3.61. The second-order valence-electron chi connectivity index (χ2n) is 5.26. The van der Waals surface area contributed by atoms with Gasteiger partial charge in [0.2, 0.25) is 0 Å². The summed E-state index contributed by atoms with van der Waals surface area (Å²) >= 11 is 2.01. The number of likely N-dealkylation sites (N-methyl/N-ethyl adjacent to an activating group) is 1. The number of aromatic hydroxyl groups is 1. The van der Waals surface area contributed by atoms with E-state index >= 15 is 0 Å². The van der Waals surface area contributed by atoms with E-state index in [1.807, 2.05) is 22.6 Å². The summed E-state index contributed by atoms with van der Waals surface area (Å²) in [5, 5.41) is 19.9. The molecule has 2 N–H and O–H groups in total. The number of hydrogen-bond donors (Lipinski definition) is 2. The molecule has 1 fully saturated rings. The molecule has 1 aromatic carbocycles. The lowest BCUT2D eigenvalue weighted by molar-refractivity contribution is 0.0156. The standard InChI is InChI=1S/C14H18INO3/c1-16(9-14(19)6-2-3-7-14)13(18)10-4-5-11(15)12(17)8-10/h4-5,8,17,19H,2-3,6-7,9H2,1H3. The molecule has 0 bridgehead atoms. The Morgan fingerprint density at radius 1 is 1.42 bits per heavy atom. The summed E-state index contributed by atoms with van der Waals surface area (Å²) < 4.78 is 0.714. The molecule has 1 saturated carbocycles. The van der Waals surface area contributed by atoms with Crippen LogP contribution in [-0.2, 0) is 0 Å². The van der Waals surface area contributed by atoms with Crippen molar-refractivity contribution in [3.05, 3.63) is 27.3 Å². The highest BCUT2D eigenvalue weighted by Gasteiger charge is 2.33. The minimum atomic E-state index is -0.740. The summed E-state index contributed by atoms with van der Waals surface area (Å²) in [5.74, 6) is -0.0635. The molecule has 0 spiro atoms. The minimum absolute atomic E-state index is 0.111. The Morgan fingerprint density at radius 3 is 2.63 bits per heavy atom. The number of aliphatic hydroxyl groups is 1. The smallest absolute Gasteiger partial charge is 0.253 e. The topological polar surface area (TPSA) is 60.8 Å². The van der Waals surface area contributed by atoms with Crippen molar-refractivity contribution in [3.63, 3.8) is 0 Å². The van der Waals surface area contributed by atoms with Crippen LogP contribution >= 0.6 is 22.6 Å². The molecule has 0 saturated heterocycles. The maximum atomic E-state index is 12.2. The Kier molecular flexibility index (Phi) is 4.35. The summed E-state index contributed by atoms with van der Waals surface area (Å²) in [7, 11) is 1.69. The summed E-state index contributed by atoms with van der Waals surface area (Å²) in [5.41, 5.74) is -0.294. The summed E-state index contributed by atoms with van der Waals surface area (Å²) in [6, 6.07) is 4.87. The minimum Gasteiger partial charge on any atom is -0.507 e. The fourth-order valence-electron chi connectivity index (χ4n) is 2.57. The van der Waals surface area contributed by atoms with Crippen LogP contribution < -0.4 is 0 Å². The number of amides is 1. The van der Waals surface area contributed by atoms with E-state index in [0.717, 1.165) is 25.7 Å². The number of phenolic OH excluding ortho intramolecular Hbond substituents is 1. The number of halogens is 1. The predicted molar refractivity (Wildman–Crippen MR) is 81.2 cm³/mol. The first-order valence-electron chi connectivity index (χ1n) is 6.38. The van der Waals surface area contributed by atoms with Crippen molar-refractivity contribution in [2.75, 3.05) is 13.6 Å². The first kappa shape index (κ1) is 14.6. The molecule has 0 heterocycles. The van der Waals surface area contributed by atoms with Crippen LogP contribution in [0.4, 0.5) is 0 Å². The zero-order chi connectivity index (χ0) is 14.0. The molecule has 104 valence electrons. The van der Waals surface area contributed by atoms with Crippen molar-refractivity contribution in [3.8, 4) is 5.75 Å². The van der Waals surface area contributed by atoms with Gasteiger partial charge in [0, 0.05) is 19.2 Å². The van der Waals surface area contributed by atoms with Gasteiger partial charge in [-0.3, -0.25) is 4.79 Å². The van der Waals surface area contributed by atoms with Crippen molar-refractivity contribution in [1.82, 2.24) is 4.90 Å². The maximum Gasteiger partial charge on any atom is 0.253 e. The Morgan fingerprint density at radius 2 is 2.05 bits per heavy atom. The van der Waals surface area contributed by atoms with Crippen LogP contribution in [0.25, 0.3) is 0 Å². The van der Waals surface area contributed by atoms with Crippen LogP contribution in [0.3, 0.4) is 0 Å². The number of carbonyl (C=O) groups excluding carboxylic acids is 1. The van der Waals surface area contributed by atoms with Crippen LogP contribution in [-0.4, -0.2) is 40.2 Å². The van der Waals surface area contributed by atoms with E-state index in [2.05, 4.69) is 0 Å². The third kappa shape index (κ3) is 3.39. The lowest BCUT2D eigenvalue weighted by Crippen LogP contribution is -2.42. The fourth-order valence-corrected chi connectivity index (χ4v) is 2.91. The average molecular weight is 375 g/mol. The summed E-state index contributed by atoms with van der Waals surface area (Å²) in [6.45, 7) is 0.346.